The average Bonchev–Trinajstić information content (AvgIpc) is 3.08. The van der Waals surface area contributed by atoms with E-state index in [1.165, 1.54) is 31.0 Å². The number of aromatic nitrogens is 2. The zero-order chi connectivity index (χ0) is 23.7. The van der Waals surface area contributed by atoms with Gasteiger partial charge < -0.3 is 14.4 Å². The van der Waals surface area contributed by atoms with Gasteiger partial charge in [-0.25, -0.2) is 13.4 Å². The summed E-state index contributed by atoms with van der Waals surface area (Å²) in [5.41, 5.74) is 1.36. The summed E-state index contributed by atoms with van der Waals surface area (Å²) in [4.78, 5) is 16.4. The van der Waals surface area contributed by atoms with Crippen molar-refractivity contribution in [1.82, 2.24) is 14.3 Å². The number of rotatable bonds is 13. The molecular formula is C21H30ClN3O5S2. The lowest BCUT2D eigenvalue weighted by atomic mass is 10.2. The monoisotopic (exact) mass is 503 g/mol. The molecule has 0 saturated carbocycles. The molecule has 0 amide bonds. The number of ether oxygens (including phenoxy) is 1. The Hall–Kier alpha value is -1.59. The number of thioether (sulfide) groups is 1. The highest BCUT2D eigenvalue weighted by Crippen LogP contribution is 2.21. The molecular weight excluding hydrogens is 474 g/mol. The van der Waals surface area contributed by atoms with Crippen molar-refractivity contribution < 1.29 is 23.1 Å². The maximum atomic E-state index is 12.8. The number of sulfonamides is 1. The topological polar surface area (TPSA) is 111 Å². The fourth-order valence-electron chi connectivity index (χ4n) is 3.18. The van der Waals surface area contributed by atoms with Gasteiger partial charge in [0.15, 0.2) is 5.15 Å². The Morgan fingerprint density at radius 2 is 2.03 bits per heavy atom. The van der Waals surface area contributed by atoms with Crippen LogP contribution in [0, 0.1) is 0 Å². The number of carbonyl (C=O) groups excluding carboxylic acids is 1. The third-order valence-electron chi connectivity index (χ3n) is 4.97. The minimum atomic E-state index is -3.90. The number of carbonyl (C=O) groups is 1. The van der Waals surface area contributed by atoms with E-state index in [1.807, 2.05) is 10.8 Å². The van der Waals surface area contributed by atoms with E-state index in [0.717, 1.165) is 30.7 Å². The van der Waals surface area contributed by atoms with Crippen LogP contribution in [0.25, 0.3) is 0 Å². The fourth-order valence-corrected chi connectivity index (χ4v) is 5.13. The minimum absolute atomic E-state index is 0.0524. The summed E-state index contributed by atoms with van der Waals surface area (Å²) in [7, 11) is -2.67. The van der Waals surface area contributed by atoms with Gasteiger partial charge in [0.25, 0.3) is 0 Å². The Balaban J connectivity index is 2.22. The molecule has 1 atom stereocenters. The number of nitrogens with one attached hydrogen (secondary N) is 1. The highest BCUT2D eigenvalue weighted by atomic mass is 35.5. The molecule has 0 saturated heterocycles. The SMILES string of the molecule is CCCCc1nc(Cl)c(CO)n1Cc1ccc(S(=O)(=O)NC(CCSC)C(=O)OC)cc1. The highest BCUT2D eigenvalue weighted by Gasteiger charge is 2.26. The van der Waals surface area contributed by atoms with Gasteiger partial charge in [0.1, 0.15) is 11.9 Å². The number of hydrogen-bond donors (Lipinski definition) is 2. The highest BCUT2D eigenvalue weighted by molar-refractivity contribution is 7.98. The van der Waals surface area contributed by atoms with Crippen molar-refractivity contribution >= 4 is 39.4 Å². The van der Waals surface area contributed by atoms with Crippen LogP contribution in [0.1, 0.15) is 43.3 Å². The van der Waals surface area contributed by atoms with E-state index in [2.05, 4.69) is 16.6 Å². The zero-order valence-corrected chi connectivity index (χ0v) is 20.9. The molecule has 1 heterocycles. The van der Waals surface area contributed by atoms with Gasteiger partial charge >= 0.3 is 5.97 Å². The maximum absolute atomic E-state index is 12.8. The number of unbranched alkanes of at least 4 members (excludes halogenated alkanes) is 1. The van der Waals surface area contributed by atoms with Crippen molar-refractivity contribution in [1.29, 1.82) is 0 Å². The molecule has 1 aromatic carbocycles. The van der Waals surface area contributed by atoms with Gasteiger partial charge in [0, 0.05) is 13.0 Å². The van der Waals surface area contributed by atoms with E-state index >= 15 is 0 Å². The summed E-state index contributed by atoms with van der Waals surface area (Å²) >= 11 is 7.70. The molecule has 2 aromatic rings. The first-order valence-electron chi connectivity index (χ1n) is 10.3. The number of benzene rings is 1. The van der Waals surface area contributed by atoms with Crippen LogP contribution in [-0.4, -0.2) is 54.2 Å². The lowest BCUT2D eigenvalue weighted by Crippen LogP contribution is -2.41. The molecule has 2 N–H and O–H groups in total. The first-order chi connectivity index (χ1) is 15.3. The zero-order valence-electron chi connectivity index (χ0n) is 18.5. The summed E-state index contributed by atoms with van der Waals surface area (Å²) in [6.45, 7) is 2.25. The number of esters is 1. The van der Waals surface area contributed by atoms with Gasteiger partial charge in [0.05, 0.1) is 24.3 Å². The van der Waals surface area contributed by atoms with Crippen molar-refractivity contribution in [3.8, 4) is 0 Å². The number of aryl methyl sites for hydroxylation is 1. The predicted octanol–water partition coefficient (Wildman–Crippen LogP) is 2.99. The van der Waals surface area contributed by atoms with Crippen molar-refractivity contribution in [2.24, 2.45) is 0 Å². The standard InChI is InChI=1S/C21H30ClN3O5S2/c1-4-5-6-19-23-20(22)18(14-26)25(19)13-15-7-9-16(10-8-15)32(28,29)24-17(11-12-31-3)21(27)30-2/h7-10,17,24,26H,4-6,11-14H2,1-3H3. The quantitative estimate of drug-likeness (QED) is 0.404. The van der Waals surface area contributed by atoms with Crippen LogP contribution >= 0.6 is 23.4 Å². The molecule has 11 heteroatoms. The third kappa shape index (κ3) is 6.95. The molecule has 0 bridgehead atoms. The van der Waals surface area contributed by atoms with Gasteiger partial charge in [-0.2, -0.15) is 16.5 Å². The molecule has 0 radical (unpaired) electrons. The molecule has 178 valence electrons. The van der Waals surface area contributed by atoms with Crippen molar-refractivity contribution in [3.63, 3.8) is 0 Å². The first-order valence-corrected chi connectivity index (χ1v) is 13.6. The largest absolute Gasteiger partial charge is 0.468 e. The van der Waals surface area contributed by atoms with Gasteiger partial charge in [0.2, 0.25) is 10.0 Å². The summed E-state index contributed by atoms with van der Waals surface area (Å²) in [5, 5.41) is 9.98. The molecule has 0 aliphatic heterocycles. The molecule has 1 aromatic heterocycles. The van der Waals surface area contributed by atoms with Crippen LogP contribution in [0.5, 0.6) is 0 Å². The van der Waals surface area contributed by atoms with Crippen molar-refractivity contribution in [3.05, 3.63) is 46.5 Å². The lowest BCUT2D eigenvalue weighted by molar-refractivity contribution is -0.142. The van der Waals surface area contributed by atoms with Gasteiger partial charge in [-0.05, 0) is 42.5 Å². The van der Waals surface area contributed by atoms with Crippen LogP contribution in [0.2, 0.25) is 5.15 Å². The van der Waals surface area contributed by atoms with E-state index in [-0.39, 0.29) is 16.7 Å². The van der Waals surface area contributed by atoms with E-state index in [4.69, 9.17) is 16.3 Å². The number of nitrogens with zero attached hydrogens (tertiary/aromatic N) is 2. The molecule has 0 aliphatic rings. The second-order valence-electron chi connectivity index (χ2n) is 7.24. The molecule has 0 spiro atoms. The van der Waals surface area contributed by atoms with Crippen molar-refractivity contribution in [2.45, 2.75) is 56.7 Å². The van der Waals surface area contributed by atoms with Gasteiger partial charge in [-0.15, -0.1) is 0 Å². The van der Waals surface area contributed by atoms with Crippen LogP contribution < -0.4 is 4.72 Å². The number of imidazole rings is 1. The number of aliphatic hydroxyl groups is 1. The molecule has 32 heavy (non-hydrogen) atoms. The normalized spacial score (nSPS) is 12.7. The van der Waals surface area contributed by atoms with Gasteiger partial charge in [-0.3, -0.25) is 4.79 Å². The Morgan fingerprint density at radius 1 is 1.34 bits per heavy atom. The van der Waals surface area contributed by atoms with E-state index in [0.29, 0.717) is 24.4 Å². The number of hydrogen-bond acceptors (Lipinski definition) is 7. The number of halogens is 1. The van der Waals surface area contributed by atoms with Crippen LogP contribution in [-0.2, 0) is 39.1 Å². The number of aliphatic hydroxyl groups excluding tert-OH is 1. The maximum Gasteiger partial charge on any atom is 0.323 e. The summed E-state index contributed by atoms with van der Waals surface area (Å²) in [6.07, 6.45) is 4.89. The number of methoxy groups -OCH3 is 1. The molecule has 0 fully saturated rings. The van der Waals surface area contributed by atoms with Crippen molar-refractivity contribution in [2.75, 3.05) is 19.1 Å². The Bertz CT molecular complexity index is 994. The second-order valence-corrected chi connectivity index (χ2v) is 10.3. The minimum Gasteiger partial charge on any atom is -0.468 e. The molecule has 8 nitrogen and oxygen atoms in total. The summed E-state index contributed by atoms with van der Waals surface area (Å²) in [5.74, 6) is 0.781. The van der Waals surface area contributed by atoms with E-state index in [9.17, 15) is 18.3 Å². The fraction of sp³-hybridized carbons (Fsp3) is 0.524. The summed E-state index contributed by atoms with van der Waals surface area (Å²) in [6, 6.07) is 5.43. The van der Waals surface area contributed by atoms with Gasteiger partial charge in [-0.1, -0.05) is 37.1 Å². The second kappa shape index (κ2) is 12.6. The smallest absolute Gasteiger partial charge is 0.323 e. The Labute approximate surface area is 198 Å². The predicted molar refractivity (Wildman–Crippen MR) is 126 cm³/mol. The Kier molecular flexibility index (Phi) is 10.5. The first kappa shape index (κ1) is 26.7. The lowest BCUT2D eigenvalue weighted by Gasteiger charge is -2.16. The van der Waals surface area contributed by atoms with Crippen LogP contribution in [0.4, 0.5) is 0 Å². The molecule has 1 unspecified atom stereocenters. The molecule has 0 aliphatic carbocycles. The average molecular weight is 504 g/mol. The Morgan fingerprint density at radius 3 is 2.59 bits per heavy atom. The van der Waals surface area contributed by atoms with Crippen LogP contribution in [0.15, 0.2) is 29.2 Å². The molecule has 2 rings (SSSR count). The summed E-state index contributed by atoms with van der Waals surface area (Å²) < 4.78 is 34.6. The van der Waals surface area contributed by atoms with E-state index < -0.39 is 22.0 Å². The van der Waals surface area contributed by atoms with E-state index in [1.54, 1.807) is 12.1 Å². The van der Waals surface area contributed by atoms with Crippen LogP contribution in [0.3, 0.4) is 0 Å². The third-order valence-corrected chi connectivity index (χ3v) is 7.41.